The highest BCUT2D eigenvalue weighted by Gasteiger charge is 2.04. The van der Waals surface area contributed by atoms with E-state index in [1.807, 2.05) is 0 Å². The Morgan fingerprint density at radius 1 is 0.944 bits per heavy atom. The van der Waals surface area contributed by atoms with E-state index < -0.39 is 11.9 Å². The van der Waals surface area contributed by atoms with Crippen molar-refractivity contribution in [3.63, 3.8) is 0 Å². The van der Waals surface area contributed by atoms with Crippen LogP contribution in [0.3, 0.4) is 0 Å². The maximum absolute atomic E-state index is 10.3. The van der Waals surface area contributed by atoms with E-state index in [4.69, 9.17) is 20.4 Å². The van der Waals surface area contributed by atoms with E-state index in [1.165, 1.54) is 24.3 Å². The third kappa shape index (κ3) is 5.97. The van der Waals surface area contributed by atoms with Gasteiger partial charge in [-0.1, -0.05) is 6.92 Å². The number of carbonyl (C=O) groups is 2. The Morgan fingerprint density at radius 3 is 1.33 bits per heavy atom. The molecule has 0 fully saturated rings. The molecule has 100 valence electrons. The highest BCUT2D eigenvalue weighted by molar-refractivity contribution is 5.91. The van der Waals surface area contributed by atoms with E-state index in [0.29, 0.717) is 0 Å². The molecule has 0 amide bonds. The number of aromatic carboxylic acids is 2. The lowest BCUT2D eigenvalue weighted by Gasteiger charge is -1.97. The molecule has 1 rings (SSSR count). The van der Waals surface area contributed by atoms with Gasteiger partial charge in [0.25, 0.3) is 0 Å². The summed E-state index contributed by atoms with van der Waals surface area (Å²) in [5.74, 6) is -2.08. The van der Waals surface area contributed by atoms with Crippen LogP contribution < -0.4 is 0 Å². The molecule has 0 spiro atoms. The summed E-state index contributed by atoms with van der Waals surface area (Å²) in [5.41, 5.74) is 0.167. The molecular formula is C12H16O6. The largest absolute Gasteiger partial charge is 0.478 e. The molecule has 0 heterocycles. The number of aliphatic hydroxyl groups is 2. The van der Waals surface area contributed by atoms with Crippen molar-refractivity contribution in [3.8, 4) is 0 Å². The zero-order chi connectivity index (χ0) is 14.1. The minimum absolute atomic E-state index is 0.0463. The molecule has 18 heavy (non-hydrogen) atoms. The molecule has 0 aliphatic rings. The molecule has 4 N–H and O–H groups in total. The first-order chi connectivity index (χ1) is 8.42. The first kappa shape index (κ1) is 16.1. The second-order valence-electron chi connectivity index (χ2n) is 3.66. The van der Waals surface area contributed by atoms with Crippen LogP contribution in [0.4, 0.5) is 0 Å². The summed E-state index contributed by atoms with van der Waals surface area (Å²) in [7, 11) is 0. The highest BCUT2D eigenvalue weighted by Crippen LogP contribution is 2.03. The predicted molar refractivity (Wildman–Crippen MR) is 63.7 cm³/mol. The van der Waals surface area contributed by atoms with Gasteiger partial charge in [0.2, 0.25) is 0 Å². The van der Waals surface area contributed by atoms with Gasteiger partial charge in [-0.15, -0.1) is 0 Å². The number of hydrogen-bond acceptors (Lipinski definition) is 4. The Bertz CT molecular complexity index is 347. The molecular weight excluding hydrogens is 240 g/mol. The second kappa shape index (κ2) is 8.21. The SMILES string of the molecule is CC(CO)CO.O=C(O)c1ccc(C(=O)O)cc1. The lowest BCUT2D eigenvalue weighted by Crippen LogP contribution is -2.04. The Morgan fingerprint density at radius 2 is 1.22 bits per heavy atom. The van der Waals surface area contributed by atoms with E-state index in [1.54, 1.807) is 6.92 Å². The van der Waals surface area contributed by atoms with Crippen LogP contribution in [0.2, 0.25) is 0 Å². The van der Waals surface area contributed by atoms with Crippen molar-refractivity contribution in [2.45, 2.75) is 6.92 Å². The third-order valence-electron chi connectivity index (χ3n) is 2.00. The number of aliphatic hydroxyl groups excluding tert-OH is 2. The van der Waals surface area contributed by atoms with Crippen molar-refractivity contribution in [2.75, 3.05) is 13.2 Å². The van der Waals surface area contributed by atoms with Gasteiger partial charge in [0.1, 0.15) is 0 Å². The van der Waals surface area contributed by atoms with Crippen molar-refractivity contribution in [1.82, 2.24) is 0 Å². The van der Waals surface area contributed by atoms with Crippen molar-refractivity contribution >= 4 is 11.9 Å². The molecule has 0 aliphatic carbocycles. The van der Waals surface area contributed by atoms with E-state index in [0.717, 1.165) is 0 Å². The summed E-state index contributed by atoms with van der Waals surface area (Å²) in [5, 5.41) is 33.3. The maximum Gasteiger partial charge on any atom is 0.335 e. The molecule has 0 saturated heterocycles. The maximum atomic E-state index is 10.3. The lowest BCUT2D eigenvalue weighted by atomic mass is 10.1. The standard InChI is InChI=1S/C8H6O4.C4H10O2/c9-7(10)5-1-2-6(4-3-5)8(11)12;1-4(2-5)3-6/h1-4H,(H,9,10)(H,11,12);4-6H,2-3H2,1H3. The second-order valence-corrected chi connectivity index (χ2v) is 3.66. The van der Waals surface area contributed by atoms with Crippen LogP contribution >= 0.6 is 0 Å². The van der Waals surface area contributed by atoms with Crippen LogP contribution in [0, 0.1) is 5.92 Å². The Balaban J connectivity index is 0.000000411. The number of rotatable bonds is 4. The van der Waals surface area contributed by atoms with Crippen molar-refractivity contribution in [3.05, 3.63) is 35.4 Å². The smallest absolute Gasteiger partial charge is 0.335 e. The van der Waals surface area contributed by atoms with Crippen LogP contribution in [0.1, 0.15) is 27.6 Å². The van der Waals surface area contributed by atoms with E-state index in [2.05, 4.69) is 0 Å². The van der Waals surface area contributed by atoms with Gasteiger partial charge in [0, 0.05) is 19.1 Å². The van der Waals surface area contributed by atoms with Gasteiger partial charge < -0.3 is 20.4 Å². The third-order valence-corrected chi connectivity index (χ3v) is 2.00. The Kier molecular flexibility index (Phi) is 7.34. The van der Waals surface area contributed by atoms with Crippen molar-refractivity contribution < 1.29 is 30.0 Å². The topological polar surface area (TPSA) is 115 Å². The first-order valence-electron chi connectivity index (χ1n) is 5.20. The molecule has 0 atom stereocenters. The summed E-state index contributed by atoms with van der Waals surface area (Å²) in [4.78, 5) is 20.7. The lowest BCUT2D eigenvalue weighted by molar-refractivity contribution is 0.0681. The molecule has 1 aromatic carbocycles. The zero-order valence-corrected chi connectivity index (χ0v) is 9.91. The van der Waals surface area contributed by atoms with Crippen LogP contribution in [0.15, 0.2) is 24.3 Å². The summed E-state index contributed by atoms with van der Waals surface area (Å²) in [6, 6.07) is 5.02. The minimum atomic E-state index is -1.06. The summed E-state index contributed by atoms with van der Waals surface area (Å²) >= 11 is 0. The van der Waals surface area contributed by atoms with Crippen LogP contribution in [0.5, 0.6) is 0 Å². The number of hydrogen-bond donors (Lipinski definition) is 4. The molecule has 0 aliphatic heterocycles. The Labute approximate surface area is 104 Å². The van der Waals surface area contributed by atoms with E-state index in [9.17, 15) is 9.59 Å². The molecule has 6 nitrogen and oxygen atoms in total. The van der Waals surface area contributed by atoms with Gasteiger partial charge >= 0.3 is 11.9 Å². The summed E-state index contributed by atoms with van der Waals surface area (Å²) in [6.45, 7) is 1.94. The average Bonchev–Trinajstić information content (AvgIpc) is 2.38. The van der Waals surface area contributed by atoms with Crippen molar-refractivity contribution in [2.24, 2.45) is 5.92 Å². The normalized spacial score (nSPS) is 9.56. The highest BCUT2D eigenvalue weighted by atomic mass is 16.4. The van der Waals surface area contributed by atoms with Gasteiger partial charge in [0.05, 0.1) is 11.1 Å². The molecule has 6 heteroatoms. The molecule has 1 aromatic rings. The predicted octanol–water partition coefficient (Wildman–Crippen LogP) is 0.690. The fourth-order valence-electron chi connectivity index (χ4n) is 0.813. The van der Waals surface area contributed by atoms with Gasteiger partial charge in [-0.25, -0.2) is 9.59 Å². The quantitative estimate of drug-likeness (QED) is 0.630. The van der Waals surface area contributed by atoms with E-state index >= 15 is 0 Å². The van der Waals surface area contributed by atoms with Crippen LogP contribution in [-0.4, -0.2) is 45.6 Å². The first-order valence-corrected chi connectivity index (χ1v) is 5.20. The number of carboxylic acids is 2. The van der Waals surface area contributed by atoms with E-state index in [-0.39, 0.29) is 30.3 Å². The molecule has 0 aromatic heterocycles. The van der Waals surface area contributed by atoms with Gasteiger partial charge in [-0.05, 0) is 24.3 Å². The number of carboxylic acid groups (broad SMARTS) is 2. The van der Waals surface area contributed by atoms with Gasteiger partial charge in [-0.3, -0.25) is 0 Å². The molecule has 0 unspecified atom stereocenters. The molecule has 0 radical (unpaired) electrons. The van der Waals surface area contributed by atoms with Crippen molar-refractivity contribution in [1.29, 1.82) is 0 Å². The van der Waals surface area contributed by atoms with Crippen LogP contribution in [0.25, 0.3) is 0 Å². The van der Waals surface area contributed by atoms with Gasteiger partial charge in [0.15, 0.2) is 0 Å². The minimum Gasteiger partial charge on any atom is -0.478 e. The zero-order valence-electron chi connectivity index (χ0n) is 9.91. The Hall–Kier alpha value is -1.92. The number of benzene rings is 1. The molecule has 0 bridgehead atoms. The van der Waals surface area contributed by atoms with Crippen LogP contribution in [-0.2, 0) is 0 Å². The fraction of sp³-hybridized carbons (Fsp3) is 0.333. The monoisotopic (exact) mass is 256 g/mol. The molecule has 0 saturated carbocycles. The summed E-state index contributed by atoms with van der Waals surface area (Å²) in [6.07, 6.45) is 0. The summed E-state index contributed by atoms with van der Waals surface area (Å²) < 4.78 is 0. The average molecular weight is 256 g/mol. The fourth-order valence-corrected chi connectivity index (χ4v) is 0.813. The van der Waals surface area contributed by atoms with Gasteiger partial charge in [-0.2, -0.15) is 0 Å².